The lowest BCUT2D eigenvalue weighted by molar-refractivity contribution is -0.127. The van der Waals surface area contributed by atoms with Crippen molar-refractivity contribution in [2.75, 3.05) is 13.6 Å². The Kier molecular flexibility index (Phi) is 3.38. The van der Waals surface area contributed by atoms with Crippen LogP contribution in [0.4, 0.5) is 0 Å². The Bertz CT molecular complexity index is 114. The molecule has 0 aliphatic rings. The van der Waals surface area contributed by atoms with Crippen LogP contribution < -0.4 is 11.3 Å². The molecule has 0 radical (unpaired) electrons. The Morgan fingerprint density at radius 1 is 1.89 bits per heavy atom. The third-order valence-electron chi connectivity index (χ3n) is 0.734. The number of carbonyl (C=O) groups is 2. The van der Waals surface area contributed by atoms with Gasteiger partial charge >= 0.3 is 0 Å². The van der Waals surface area contributed by atoms with Crippen molar-refractivity contribution in [2.24, 2.45) is 5.84 Å². The van der Waals surface area contributed by atoms with Crippen LogP contribution in [0.5, 0.6) is 0 Å². The van der Waals surface area contributed by atoms with Crippen LogP contribution in [0, 0.1) is 0 Å². The number of hydrogen-bond acceptors (Lipinski definition) is 3. The van der Waals surface area contributed by atoms with Gasteiger partial charge in [0, 0.05) is 7.05 Å². The zero-order valence-corrected chi connectivity index (χ0v) is 5.13. The van der Waals surface area contributed by atoms with Gasteiger partial charge in [-0.1, -0.05) is 0 Å². The van der Waals surface area contributed by atoms with Crippen molar-refractivity contribution in [3.63, 3.8) is 0 Å². The van der Waals surface area contributed by atoms with E-state index in [2.05, 4.69) is 0 Å². The summed E-state index contributed by atoms with van der Waals surface area (Å²) < 4.78 is 0. The molecule has 9 heavy (non-hydrogen) atoms. The van der Waals surface area contributed by atoms with Gasteiger partial charge in [0.15, 0.2) is 0 Å². The van der Waals surface area contributed by atoms with Gasteiger partial charge < -0.3 is 4.90 Å². The van der Waals surface area contributed by atoms with Crippen LogP contribution in [0.15, 0.2) is 0 Å². The molecule has 5 nitrogen and oxygen atoms in total. The first-order valence-corrected chi connectivity index (χ1v) is 2.35. The van der Waals surface area contributed by atoms with Crippen LogP contribution in [0.25, 0.3) is 0 Å². The molecule has 0 bridgehead atoms. The molecule has 0 fully saturated rings. The van der Waals surface area contributed by atoms with E-state index in [1.165, 1.54) is 11.9 Å². The summed E-state index contributed by atoms with van der Waals surface area (Å²) in [5, 5.41) is 0. The molecule has 0 aromatic carbocycles. The molecule has 2 amide bonds. The molecule has 0 unspecified atom stereocenters. The van der Waals surface area contributed by atoms with Crippen LogP contribution in [-0.4, -0.2) is 30.8 Å². The standard InChI is InChI=1S/C4H9N3O2/c1-7(3-8)2-4(9)6-5/h3H,2,5H2,1H3,(H,6,9). The summed E-state index contributed by atoms with van der Waals surface area (Å²) in [5.74, 6) is 4.35. The van der Waals surface area contributed by atoms with E-state index in [4.69, 9.17) is 5.84 Å². The maximum absolute atomic E-state index is 10.3. The largest absolute Gasteiger partial charge is 0.339 e. The summed E-state index contributed by atoms with van der Waals surface area (Å²) in [6.07, 6.45) is 0.551. The molecule has 0 spiro atoms. The topological polar surface area (TPSA) is 75.4 Å². The molecule has 52 valence electrons. The number of carbonyl (C=O) groups excluding carboxylic acids is 2. The van der Waals surface area contributed by atoms with E-state index in [0.29, 0.717) is 6.41 Å². The SMILES string of the molecule is CN(C=O)CC(=O)NN. The lowest BCUT2D eigenvalue weighted by atomic mass is 10.6. The number of rotatable bonds is 3. The molecular weight excluding hydrogens is 122 g/mol. The average Bonchev–Trinajstić information content (AvgIpc) is 1.87. The highest BCUT2D eigenvalue weighted by molar-refractivity contribution is 5.79. The minimum absolute atomic E-state index is 0.000000000000000222. The van der Waals surface area contributed by atoms with E-state index in [9.17, 15) is 9.59 Å². The highest BCUT2D eigenvalue weighted by atomic mass is 16.2. The van der Waals surface area contributed by atoms with Crippen molar-refractivity contribution in [1.29, 1.82) is 0 Å². The zero-order valence-electron chi connectivity index (χ0n) is 5.13. The second-order valence-electron chi connectivity index (χ2n) is 1.59. The van der Waals surface area contributed by atoms with Crippen molar-refractivity contribution in [2.45, 2.75) is 0 Å². The Balaban J connectivity index is 3.46. The van der Waals surface area contributed by atoms with Crippen molar-refractivity contribution in [3.05, 3.63) is 0 Å². The van der Waals surface area contributed by atoms with Crippen molar-refractivity contribution in [1.82, 2.24) is 10.3 Å². The summed E-state index contributed by atoms with van der Waals surface area (Å²) in [6.45, 7) is -0.000000000000000222. The van der Waals surface area contributed by atoms with Gasteiger partial charge in [-0.3, -0.25) is 15.0 Å². The van der Waals surface area contributed by atoms with E-state index in [0.717, 1.165) is 0 Å². The molecule has 0 atom stereocenters. The fourth-order valence-corrected chi connectivity index (χ4v) is 0.309. The summed E-state index contributed by atoms with van der Waals surface area (Å²) in [7, 11) is 1.49. The maximum Gasteiger partial charge on any atom is 0.253 e. The van der Waals surface area contributed by atoms with E-state index in [1.54, 1.807) is 0 Å². The molecule has 0 heterocycles. The number of likely N-dealkylation sites (N-methyl/N-ethyl adjacent to an activating group) is 1. The maximum atomic E-state index is 10.3. The first kappa shape index (κ1) is 7.90. The van der Waals surface area contributed by atoms with Gasteiger partial charge in [0.1, 0.15) is 6.54 Å². The molecule has 3 N–H and O–H groups in total. The monoisotopic (exact) mass is 131 g/mol. The lowest BCUT2D eigenvalue weighted by Crippen LogP contribution is -2.38. The Morgan fingerprint density at radius 3 is 2.78 bits per heavy atom. The number of amides is 2. The van der Waals surface area contributed by atoms with Crippen molar-refractivity contribution in [3.8, 4) is 0 Å². The van der Waals surface area contributed by atoms with Gasteiger partial charge in [0.25, 0.3) is 5.91 Å². The van der Waals surface area contributed by atoms with Crippen LogP contribution in [0.3, 0.4) is 0 Å². The van der Waals surface area contributed by atoms with Crippen LogP contribution >= 0.6 is 0 Å². The van der Waals surface area contributed by atoms with Gasteiger partial charge in [-0.05, 0) is 0 Å². The Morgan fingerprint density at radius 2 is 2.44 bits per heavy atom. The fraction of sp³-hybridized carbons (Fsp3) is 0.500. The Labute approximate surface area is 52.8 Å². The predicted molar refractivity (Wildman–Crippen MR) is 31.0 cm³/mol. The molecule has 0 saturated carbocycles. The molecule has 0 aliphatic carbocycles. The molecule has 0 rings (SSSR count). The molecule has 0 saturated heterocycles. The van der Waals surface area contributed by atoms with Gasteiger partial charge in [-0.15, -0.1) is 0 Å². The number of nitrogens with two attached hydrogens (primary N) is 1. The van der Waals surface area contributed by atoms with Crippen LogP contribution in [-0.2, 0) is 9.59 Å². The highest BCUT2D eigenvalue weighted by Crippen LogP contribution is 1.71. The number of hydrazine groups is 1. The van der Waals surface area contributed by atoms with Crippen molar-refractivity contribution < 1.29 is 9.59 Å². The van der Waals surface area contributed by atoms with Gasteiger partial charge in [0.2, 0.25) is 6.41 Å². The predicted octanol–water partition coefficient (Wildman–Crippen LogP) is -1.94. The smallest absolute Gasteiger partial charge is 0.253 e. The quantitative estimate of drug-likeness (QED) is 0.202. The lowest BCUT2D eigenvalue weighted by Gasteiger charge is -2.06. The second-order valence-corrected chi connectivity index (χ2v) is 1.59. The Hall–Kier alpha value is -1.10. The molecular formula is C4H9N3O2. The molecule has 0 aromatic rings. The third kappa shape index (κ3) is 3.48. The highest BCUT2D eigenvalue weighted by Gasteiger charge is 1.99. The van der Waals surface area contributed by atoms with Gasteiger partial charge in [-0.25, -0.2) is 5.84 Å². The fourth-order valence-electron chi connectivity index (χ4n) is 0.309. The summed E-state index contributed by atoms with van der Waals surface area (Å²) in [6, 6.07) is 0. The van der Waals surface area contributed by atoms with Gasteiger partial charge in [0.05, 0.1) is 0 Å². The minimum Gasteiger partial charge on any atom is -0.339 e. The van der Waals surface area contributed by atoms with E-state index in [-0.39, 0.29) is 12.5 Å². The molecule has 5 heteroatoms. The first-order chi connectivity index (χ1) is 4.20. The average molecular weight is 131 g/mol. The van der Waals surface area contributed by atoms with E-state index in [1.807, 2.05) is 5.43 Å². The first-order valence-electron chi connectivity index (χ1n) is 2.35. The number of hydrogen-bond donors (Lipinski definition) is 2. The zero-order chi connectivity index (χ0) is 7.28. The number of nitrogens with one attached hydrogen (secondary N) is 1. The summed E-state index contributed by atoms with van der Waals surface area (Å²) >= 11 is 0. The summed E-state index contributed by atoms with van der Waals surface area (Å²) in [4.78, 5) is 21.4. The third-order valence-corrected chi connectivity index (χ3v) is 0.734. The van der Waals surface area contributed by atoms with E-state index < -0.39 is 0 Å². The molecule has 0 aliphatic heterocycles. The van der Waals surface area contributed by atoms with Crippen LogP contribution in [0.2, 0.25) is 0 Å². The van der Waals surface area contributed by atoms with E-state index >= 15 is 0 Å². The summed E-state index contributed by atoms with van der Waals surface area (Å²) in [5.41, 5.74) is 1.89. The molecule has 0 aromatic heterocycles. The van der Waals surface area contributed by atoms with Crippen molar-refractivity contribution >= 4 is 12.3 Å². The van der Waals surface area contributed by atoms with Crippen LogP contribution in [0.1, 0.15) is 0 Å². The van der Waals surface area contributed by atoms with Gasteiger partial charge in [-0.2, -0.15) is 0 Å². The second kappa shape index (κ2) is 3.85. The number of nitrogens with zero attached hydrogens (tertiary/aromatic N) is 1. The minimum atomic E-state index is -0.385. The normalized spacial score (nSPS) is 8.22.